The van der Waals surface area contributed by atoms with E-state index in [1.807, 2.05) is 30.9 Å². The summed E-state index contributed by atoms with van der Waals surface area (Å²) in [6, 6.07) is 10.6. The van der Waals surface area contributed by atoms with Gasteiger partial charge >= 0.3 is 5.69 Å². The molecule has 0 aliphatic heterocycles. The molecular formula is C19H25N5O2. The van der Waals surface area contributed by atoms with Crippen molar-refractivity contribution in [3.8, 4) is 6.07 Å². The molecule has 2 N–H and O–H groups in total. The minimum absolute atomic E-state index is 0.111. The fourth-order valence-electron chi connectivity index (χ4n) is 2.92. The summed E-state index contributed by atoms with van der Waals surface area (Å²) in [5.41, 5.74) is 6.43. The molecule has 7 heteroatoms. The largest absolute Gasteiger partial charge is 0.356 e. The van der Waals surface area contributed by atoms with Crippen LogP contribution in [-0.4, -0.2) is 28.3 Å². The first kappa shape index (κ1) is 19.5. The molecule has 1 aromatic carbocycles. The molecule has 0 fully saturated rings. The molecule has 0 spiro atoms. The number of nitriles is 1. The topological polar surface area (TPSA) is 97.0 Å². The van der Waals surface area contributed by atoms with Crippen LogP contribution in [0.4, 0.5) is 5.82 Å². The molecular weight excluding hydrogens is 330 g/mol. The van der Waals surface area contributed by atoms with Crippen LogP contribution in [0.2, 0.25) is 0 Å². The minimum Gasteiger partial charge on any atom is -0.356 e. The van der Waals surface area contributed by atoms with Crippen LogP contribution >= 0.6 is 0 Å². The molecule has 0 unspecified atom stereocenters. The summed E-state index contributed by atoms with van der Waals surface area (Å²) in [6.45, 7) is 5.33. The molecule has 0 saturated heterocycles. The number of nitrogens with two attached hydrogens (primary N) is 1. The molecule has 0 aliphatic carbocycles. The Morgan fingerprint density at radius 3 is 2.62 bits per heavy atom. The summed E-state index contributed by atoms with van der Waals surface area (Å²) in [5.74, 6) is 0.532. The first-order valence-corrected chi connectivity index (χ1v) is 8.68. The van der Waals surface area contributed by atoms with Gasteiger partial charge in [-0.25, -0.2) is 4.79 Å². The Hall–Kier alpha value is -2.85. The van der Waals surface area contributed by atoms with E-state index in [4.69, 9.17) is 5.73 Å². The summed E-state index contributed by atoms with van der Waals surface area (Å²) in [4.78, 5) is 27.0. The van der Waals surface area contributed by atoms with Gasteiger partial charge in [-0.2, -0.15) is 5.26 Å². The number of hydrogen-bond donors (Lipinski definition) is 1. The highest BCUT2D eigenvalue weighted by Crippen LogP contribution is 2.15. The first-order chi connectivity index (χ1) is 12.4. The fraction of sp³-hybridized carbons (Fsp3) is 0.421. The summed E-state index contributed by atoms with van der Waals surface area (Å²) >= 11 is 0. The zero-order valence-electron chi connectivity index (χ0n) is 15.5. The van der Waals surface area contributed by atoms with Crippen molar-refractivity contribution in [1.82, 2.24) is 9.13 Å². The number of benzene rings is 1. The third-order valence-electron chi connectivity index (χ3n) is 4.17. The average Bonchev–Trinajstić information content (AvgIpc) is 2.61. The lowest BCUT2D eigenvalue weighted by Gasteiger charge is -2.29. The zero-order chi connectivity index (χ0) is 19.3. The molecule has 0 amide bonds. The summed E-state index contributed by atoms with van der Waals surface area (Å²) < 4.78 is 2.62. The maximum absolute atomic E-state index is 12.8. The third kappa shape index (κ3) is 4.21. The molecule has 138 valence electrons. The number of nitrogens with zero attached hydrogens (tertiary/aromatic N) is 4. The van der Waals surface area contributed by atoms with Crippen LogP contribution in [0.5, 0.6) is 0 Å². The Morgan fingerprint density at radius 2 is 2.00 bits per heavy atom. The minimum atomic E-state index is -0.411. The highest BCUT2D eigenvalue weighted by molar-refractivity contribution is 5.42. The van der Waals surface area contributed by atoms with E-state index in [1.54, 1.807) is 12.1 Å². The monoisotopic (exact) mass is 355 g/mol. The van der Waals surface area contributed by atoms with Gasteiger partial charge in [0, 0.05) is 32.2 Å². The number of hydrogen-bond acceptors (Lipinski definition) is 5. The third-order valence-corrected chi connectivity index (χ3v) is 4.17. The second-order valence-electron chi connectivity index (χ2n) is 6.46. The molecule has 0 radical (unpaired) electrons. The molecule has 0 aliphatic rings. The van der Waals surface area contributed by atoms with Gasteiger partial charge in [-0.15, -0.1) is 0 Å². The van der Waals surface area contributed by atoms with Crippen LogP contribution in [0, 0.1) is 11.3 Å². The van der Waals surface area contributed by atoms with Gasteiger partial charge in [0.2, 0.25) is 0 Å². The van der Waals surface area contributed by atoms with Crippen LogP contribution in [0.1, 0.15) is 31.4 Å². The van der Waals surface area contributed by atoms with E-state index >= 15 is 0 Å². The van der Waals surface area contributed by atoms with E-state index in [1.165, 1.54) is 17.7 Å². The lowest BCUT2D eigenvalue weighted by molar-refractivity contribution is 0.598. The maximum atomic E-state index is 12.8. The van der Waals surface area contributed by atoms with Crippen molar-refractivity contribution in [2.75, 3.05) is 18.0 Å². The normalized spacial score (nSPS) is 11.8. The van der Waals surface area contributed by atoms with E-state index in [-0.39, 0.29) is 18.1 Å². The second kappa shape index (κ2) is 8.50. The fourth-order valence-corrected chi connectivity index (χ4v) is 2.92. The van der Waals surface area contributed by atoms with Gasteiger partial charge in [0.25, 0.3) is 5.56 Å². The molecule has 1 aromatic heterocycles. The van der Waals surface area contributed by atoms with E-state index in [9.17, 15) is 14.9 Å². The average molecular weight is 355 g/mol. The smallest absolute Gasteiger partial charge is 0.332 e. The van der Waals surface area contributed by atoms with Gasteiger partial charge in [-0.3, -0.25) is 13.9 Å². The van der Waals surface area contributed by atoms with Crippen LogP contribution in [0.3, 0.4) is 0 Å². The molecule has 2 aromatic rings. The van der Waals surface area contributed by atoms with Crippen molar-refractivity contribution in [2.24, 2.45) is 12.8 Å². The molecule has 7 nitrogen and oxygen atoms in total. The zero-order valence-corrected chi connectivity index (χ0v) is 15.5. The van der Waals surface area contributed by atoms with Gasteiger partial charge < -0.3 is 10.6 Å². The summed E-state index contributed by atoms with van der Waals surface area (Å²) in [7, 11) is 1.46. The molecule has 1 atom stereocenters. The summed E-state index contributed by atoms with van der Waals surface area (Å²) in [5, 5.41) is 9.33. The van der Waals surface area contributed by atoms with Crippen molar-refractivity contribution in [1.29, 1.82) is 5.26 Å². The van der Waals surface area contributed by atoms with E-state index in [2.05, 4.69) is 6.07 Å². The SMILES string of the molecule is CCCN(C[C@@H](C)N)c1cc(=O)n(C)c(=O)n1Cc1ccccc1C#N. The van der Waals surface area contributed by atoms with Gasteiger partial charge in [-0.1, -0.05) is 25.1 Å². The Balaban J connectivity index is 2.63. The van der Waals surface area contributed by atoms with Crippen LogP contribution in [0.15, 0.2) is 39.9 Å². The molecule has 0 saturated carbocycles. The molecule has 1 heterocycles. The predicted octanol–water partition coefficient (Wildman–Crippen LogP) is 1.03. The maximum Gasteiger partial charge on any atom is 0.332 e. The van der Waals surface area contributed by atoms with Crippen molar-refractivity contribution in [3.05, 3.63) is 62.3 Å². The van der Waals surface area contributed by atoms with Gasteiger partial charge in [0.15, 0.2) is 0 Å². The van der Waals surface area contributed by atoms with E-state index in [0.29, 0.717) is 24.5 Å². The lowest BCUT2D eigenvalue weighted by atomic mass is 10.1. The highest BCUT2D eigenvalue weighted by atomic mass is 16.2. The Morgan fingerprint density at radius 1 is 1.31 bits per heavy atom. The van der Waals surface area contributed by atoms with Crippen LogP contribution in [-0.2, 0) is 13.6 Å². The van der Waals surface area contributed by atoms with E-state index < -0.39 is 5.69 Å². The van der Waals surface area contributed by atoms with Crippen molar-refractivity contribution >= 4 is 5.82 Å². The van der Waals surface area contributed by atoms with Crippen molar-refractivity contribution in [2.45, 2.75) is 32.9 Å². The summed E-state index contributed by atoms with van der Waals surface area (Å²) in [6.07, 6.45) is 0.852. The first-order valence-electron chi connectivity index (χ1n) is 8.68. The van der Waals surface area contributed by atoms with Gasteiger partial charge in [0.1, 0.15) is 5.82 Å². The Labute approximate surface area is 152 Å². The standard InChI is InChI=1S/C19H25N5O2/c1-4-9-23(12-14(2)21)17-10-18(25)22(3)19(26)24(17)13-16-8-6-5-7-15(16)11-20/h5-8,10,14H,4,9,12-13,21H2,1-3H3/t14-/m1/s1. The Kier molecular flexibility index (Phi) is 6.36. The van der Waals surface area contributed by atoms with Gasteiger partial charge in [-0.05, 0) is 25.0 Å². The number of aromatic nitrogens is 2. The van der Waals surface area contributed by atoms with E-state index in [0.717, 1.165) is 16.6 Å². The van der Waals surface area contributed by atoms with Crippen molar-refractivity contribution < 1.29 is 0 Å². The number of anilines is 1. The van der Waals surface area contributed by atoms with Gasteiger partial charge in [0.05, 0.1) is 18.2 Å². The molecule has 2 rings (SSSR count). The van der Waals surface area contributed by atoms with Crippen LogP contribution < -0.4 is 21.9 Å². The Bertz CT molecular complexity index is 921. The second-order valence-corrected chi connectivity index (χ2v) is 6.46. The number of rotatable bonds is 7. The quantitative estimate of drug-likeness (QED) is 0.800. The highest BCUT2D eigenvalue weighted by Gasteiger charge is 2.17. The van der Waals surface area contributed by atoms with Crippen LogP contribution in [0.25, 0.3) is 0 Å². The molecule has 0 bridgehead atoms. The lowest BCUT2D eigenvalue weighted by Crippen LogP contribution is -2.44. The molecule has 26 heavy (non-hydrogen) atoms. The van der Waals surface area contributed by atoms with Crippen molar-refractivity contribution in [3.63, 3.8) is 0 Å². The predicted molar refractivity (Wildman–Crippen MR) is 102 cm³/mol.